The van der Waals surface area contributed by atoms with Gasteiger partial charge in [0.2, 0.25) is 5.91 Å². The van der Waals surface area contributed by atoms with Crippen molar-refractivity contribution in [1.29, 1.82) is 0 Å². The zero-order valence-electron chi connectivity index (χ0n) is 12.3. The van der Waals surface area contributed by atoms with Gasteiger partial charge in [-0.2, -0.15) is 0 Å². The number of nitrogens with one attached hydrogen (secondary N) is 1. The van der Waals surface area contributed by atoms with E-state index < -0.39 is 0 Å². The molecule has 1 amide bonds. The maximum absolute atomic E-state index is 12.1. The molecule has 3 heteroatoms. The number of benzene rings is 1. The molecule has 0 aliphatic carbocycles. The van der Waals surface area contributed by atoms with Gasteiger partial charge < -0.3 is 10.2 Å². The normalized spacial score (nSPS) is 19.8. The summed E-state index contributed by atoms with van der Waals surface area (Å²) in [5.41, 5.74) is 3.01. The smallest absolute Gasteiger partial charge is 0.222 e. The maximum atomic E-state index is 12.1. The van der Waals surface area contributed by atoms with Gasteiger partial charge in [0.15, 0.2) is 0 Å². The van der Waals surface area contributed by atoms with E-state index in [1.165, 1.54) is 11.3 Å². The third-order valence-corrected chi connectivity index (χ3v) is 4.93. The van der Waals surface area contributed by atoms with Gasteiger partial charge in [0, 0.05) is 37.2 Å². The second kappa shape index (κ2) is 5.47. The van der Waals surface area contributed by atoms with E-state index in [-0.39, 0.29) is 5.41 Å². The van der Waals surface area contributed by atoms with Gasteiger partial charge in [0.1, 0.15) is 0 Å². The van der Waals surface area contributed by atoms with E-state index in [1.807, 2.05) is 0 Å². The Bertz CT molecular complexity index is 490. The molecule has 1 saturated heterocycles. The molecule has 0 unspecified atom stereocenters. The lowest BCUT2D eigenvalue weighted by Gasteiger charge is -2.39. The third-order valence-electron chi connectivity index (χ3n) is 4.93. The van der Waals surface area contributed by atoms with Gasteiger partial charge in [-0.3, -0.25) is 4.79 Å². The molecule has 1 fully saturated rings. The molecule has 20 heavy (non-hydrogen) atoms. The number of anilines is 1. The summed E-state index contributed by atoms with van der Waals surface area (Å²) in [6.45, 7) is 5.00. The Balaban J connectivity index is 1.66. The lowest BCUT2D eigenvalue weighted by atomic mass is 9.74. The predicted molar refractivity (Wildman–Crippen MR) is 81.9 cm³/mol. The second-order valence-electron chi connectivity index (χ2n) is 6.16. The van der Waals surface area contributed by atoms with Crippen LogP contribution in [0, 0.1) is 0 Å². The molecule has 3 nitrogen and oxygen atoms in total. The molecular formula is C17H24N2O. The van der Waals surface area contributed by atoms with Gasteiger partial charge in [0.05, 0.1) is 0 Å². The molecule has 2 aliphatic rings. The molecule has 0 atom stereocenters. The molecule has 108 valence electrons. The Morgan fingerprint density at radius 2 is 2.05 bits per heavy atom. The molecule has 1 spiro atoms. The number of hydrogen-bond donors (Lipinski definition) is 1. The van der Waals surface area contributed by atoms with E-state index in [1.54, 1.807) is 0 Å². The van der Waals surface area contributed by atoms with Gasteiger partial charge >= 0.3 is 0 Å². The summed E-state index contributed by atoms with van der Waals surface area (Å²) in [6, 6.07) is 8.65. The van der Waals surface area contributed by atoms with Gasteiger partial charge in [0.25, 0.3) is 0 Å². The highest BCUT2D eigenvalue weighted by molar-refractivity contribution is 5.76. The van der Waals surface area contributed by atoms with Crippen LogP contribution in [0.2, 0.25) is 0 Å². The summed E-state index contributed by atoms with van der Waals surface area (Å²) in [5, 5.41) is 3.54. The number of nitrogens with zero attached hydrogens (tertiary/aromatic N) is 1. The van der Waals surface area contributed by atoms with Crippen molar-refractivity contribution < 1.29 is 4.79 Å². The summed E-state index contributed by atoms with van der Waals surface area (Å²) in [5.74, 6) is 0.348. The lowest BCUT2D eigenvalue weighted by Crippen LogP contribution is -2.46. The summed E-state index contributed by atoms with van der Waals surface area (Å²) in [4.78, 5) is 14.2. The standard InChI is InChI=1S/C17H24N2O/c1-2-3-8-16(20)19-11-9-17(10-12-19)13-18-15-7-5-4-6-14(15)17/h4-7,18H,2-3,8-13H2,1H3. The van der Waals surface area contributed by atoms with Crippen LogP contribution in [-0.2, 0) is 10.2 Å². The number of rotatable bonds is 3. The monoisotopic (exact) mass is 272 g/mol. The minimum atomic E-state index is 0.262. The summed E-state index contributed by atoms with van der Waals surface area (Å²) in [6.07, 6.45) is 5.02. The van der Waals surface area contributed by atoms with Crippen LogP contribution in [0.5, 0.6) is 0 Å². The fourth-order valence-electron chi connectivity index (χ4n) is 3.58. The van der Waals surface area contributed by atoms with E-state index in [4.69, 9.17) is 0 Å². The average Bonchev–Trinajstić information content (AvgIpc) is 2.85. The van der Waals surface area contributed by atoms with Crippen molar-refractivity contribution in [2.24, 2.45) is 0 Å². The number of likely N-dealkylation sites (tertiary alicyclic amines) is 1. The Morgan fingerprint density at radius 3 is 2.80 bits per heavy atom. The number of fused-ring (bicyclic) bond motifs is 2. The molecule has 0 bridgehead atoms. The van der Waals surface area contributed by atoms with Crippen LogP contribution in [0.3, 0.4) is 0 Å². The number of unbranched alkanes of at least 4 members (excludes halogenated alkanes) is 1. The first kappa shape index (κ1) is 13.5. The number of amides is 1. The fourth-order valence-corrected chi connectivity index (χ4v) is 3.58. The topological polar surface area (TPSA) is 32.3 Å². The highest BCUT2D eigenvalue weighted by Crippen LogP contribution is 2.43. The summed E-state index contributed by atoms with van der Waals surface area (Å²) >= 11 is 0. The van der Waals surface area contributed by atoms with Crippen LogP contribution in [-0.4, -0.2) is 30.4 Å². The molecule has 0 radical (unpaired) electrons. The van der Waals surface area contributed by atoms with E-state index in [0.717, 1.165) is 51.7 Å². The van der Waals surface area contributed by atoms with Gasteiger partial charge in [-0.25, -0.2) is 0 Å². The van der Waals surface area contributed by atoms with Crippen molar-refractivity contribution in [3.63, 3.8) is 0 Å². The van der Waals surface area contributed by atoms with Crippen molar-refractivity contribution in [1.82, 2.24) is 4.90 Å². The van der Waals surface area contributed by atoms with Crippen molar-refractivity contribution in [2.75, 3.05) is 25.0 Å². The molecule has 0 saturated carbocycles. The van der Waals surface area contributed by atoms with Crippen LogP contribution in [0.25, 0.3) is 0 Å². The van der Waals surface area contributed by atoms with Crippen LogP contribution in [0.4, 0.5) is 5.69 Å². The third kappa shape index (κ3) is 2.30. The largest absolute Gasteiger partial charge is 0.384 e. The van der Waals surface area contributed by atoms with E-state index in [2.05, 4.69) is 41.4 Å². The first-order valence-corrected chi connectivity index (χ1v) is 7.86. The van der Waals surface area contributed by atoms with Crippen LogP contribution in [0.15, 0.2) is 24.3 Å². The van der Waals surface area contributed by atoms with Gasteiger partial charge in [-0.1, -0.05) is 31.5 Å². The van der Waals surface area contributed by atoms with Crippen molar-refractivity contribution in [2.45, 2.75) is 44.4 Å². The zero-order valence-corrected chi connectivity index (χ0v) is 12.3. The Hall–Kier alpha value is -1.51. The molecule has 1 N–H and O–H groups in total. The van der Waals surface area contributed by atoms with Crippen molar-refractivity contribution in [3.8, 4) is 0 Å². The lowest BCUT2D eigenvalue weighted by molar-refractivity contribution is -0.132. The van der Waals surface area contributed by atoms with Crippen LogP contribution >= 0.6 is 0 Å². The minimum absolute atomic E-state index is 0.262. The van der Waals surface area contributed by atoms with E-state index >= 15 is 0 Å². The average molecular weight is 272 g/mol. The number of hydrogen-bond acceptors (Lipinski definition) is 2. The molecule has 1 aromatic rings. The van der Waals surface area contributed by atoms with Crippen molar-refractivity contribution in [3.05, 3.63) is 29.8 Å². The van der Waals surface area contributed by atoms with Crippen LogP contribution in [0.1, 0.15) is 44.6 Å². The van der Waals surface area contributed by atoms with Gasteiger partial charge in [-0.15, -0.1) is 0 Å². The molecule has 0 aromatic heterocycles. The highest BCUT2D eigenvalue weighted by atomic mass is 16.2. The predicted octanol–water partition coefficient (Wildman–Crippen LogP) is 3.16. The number of para-hydroxylation sites is 1. The first-order chi connectivity index (χ1) is 9.75. The molecule has 1 aromatic carbocycles. The quantitative estimate of drug-likeness (QED) is 0.916. The second-order valence-corrected chi connectivity index (χ2v) is 6.16. The SMILES string of the molecule is CCCCC(=O)N1CCC2(CC1)CNc1ccccc12. The fraction of sp³-hybridized carbons (Fsp3) is 0.588. The van der Waals surface area contributed by atoms with Gasteiger partial charge in [-0.05, 0) is 30.9 Å². The molecule has 3 rings (SSSR count). The summed E-state index contributed by atoms with van der Waals surface area (Å²) < 4.78 is 0. The zero-order chi connectivity index (χ0) is 14.0. The number of piperidine rings is 1. The highest BCUT2D eigenvalue weighted by Gasteiger charge is 2.41. The minimum Gasteiger partial charge on any atom is -0.384 e. The number of carbonyl (C=O) groups excluding carboxylic acids is 1. The first-order valence-electron chi connectivity index (χ1n) is 7.86. The Morgan fingerprint density at radius 1 is 1.30 bits per heavy atom. The Labute approximate surface area is 121 Å². The van der Waals surface area contributed by atoms with Crippen molar-refractivity contribution >= 4 is 11.6 Å². The maximum Gasteiger partial charge on any atom is 0.222 e. The molecule has 2 heterocycles. The Kier molecular flexibility index (Phi) is 3.68. The molecular weight excluding hydrogens is 248 g/mol. The van der Waals surface area contributed by atoms with E-state index in [0.29, 0.717) is 5.91 Å². The summed E-state index contributed by atoms with van der Waals surface area (Å²) in [7, 11) is 0. The van der Waals surface area contributed by atoms with Crippen LogP contribution < -0.4 is 5.32 Å². The molecule has 2 aliphatic heterocycles. The number of carbonyl (C=O) groups is 1. The van der Waals surface area contributed by atoms with E-state index in [9.17, 15) is 4.79 Å².